The summed E-state index contributed by atoms with van der Waals surface area (Å²) in [5.41, 5.74) is 3.97. The largest absolute Gasteiger partial charge is 0.359 e. The van der Waals surface area contributed by atoms with Crippen molar-refractivity contribution < 1.29 is 4.79 Å². The lowest BCUT2D eigenvalue weighted by Gasteiger charge is -2.26. The molecule has 1 unspecified atom stereocenters. The zero-order chi connectivity index (χ0) is 15.1. The molecule has 0 spiro atoms. The van der Waals surface area contributed by atoms with Gasteiger partial charge in [0, 0.05) is 23.7 Å². The quantitative estimate of drug-likeness (QED) is 0.683. The Labute approximate surface area is 132 Å². The second-order valence-corrected chi connectivity index (χ2v) is 6.17. The lowest BCUT2D eigenvalue weighted by molar-refractivity contribution is -0.115. The number of anilines is 2. The lowest BCUT2D eigenvalue weighted by Crippen LogP contribution is -2.32. The van der Waals surface area contributed by atoms with Gasteiger partial charge in [-0.05, 0) is 23.6 Å². The molecule has 22 heavy (non-hydrogen) atoms. The van der Waals surface area contributed by atoms with Crippen LogP contribution in [0.1, 0.15) is 0 Å². The molecule has 1 aliphatic carbocycles. The van der Waals surface area contributed by atoms with Crippen molar-refractivity contribution in [1.82, 2.24) is 5.32 Å². The first kappa shape index (κ1) is 13.3. The van der Waals surface area contributed by atoms with E-state index in [-0.39, 0.29) is 5.91 Å². The Bertz CT molecular complexity index is 880. The van der Waals surface area contributed by atoms with E-state index in [0.29, 0.717) is 10.8 Å². The molecule has 2 heterocycles. The Morgan fingerprint density at radius 2 is 2.05 bits per heavy atom. The fourth-order valence-corrected chi connectivity index (χ4v) is 3.90. The fourth-order valence-electron chi connectivity index (χ4n) is 2.95. The van der Waals surface area contributed by atoms with E-state index in [1.165, 1.54) is 10.8 Å². The third-order valence-electron chi connectivity index (χ3n) is 4.02. The van der Waals surface area contributed by atoms with Crippen LogP contribution in [0.3, 0.4) is 0 Å². The molecule has 0 saturated heterocycles. The van der Waals surface area contributed by atoms with E-state index < -0.39 is 0 Å². The SMILES string of the molecule is CNC(=O)C1=c2ccc3c(c2NC=C1)NSC1C=CC=CC=31. The van der Waals surface area contributed by atoms with Crippen LogP contribution in [0.4, 0.5) is 11.4 Å². The van der Waals surface area contributed by atoms with Crippen molar-refractivity contribution >= 4 is 40.4 Å². The van der Waals surface area contributed by atoms with Gasteiger partial charge in [0.05, 0.1) is 22.2 Å². The van der Waals surface area contributed by atoms with Crippen molar-refractivity contribution in [2.75, 3.05) is 17.1 Å². The monoisotopic (exact) mass is 309 g/mol. The van der Waals surface area contributed by atoms with Gasteiger partial charge in [-0.3, -0.25) is 4.79 Å². The minimum Gasteiger partial charge on any atom is -0.359 e. The van der Waals surface area contributed by atoms with Gasteiger partial charge < -0.3 is 15.4 Å². The molecule has 4 nitrogen and oxygen atoms in total. The van der Waals surface area contributed by atoms with Crippen LogP contribution in [0.15, 0.2) is 48.7 Å². The number of fused-ring (bicyclic) bond motifs is 4. The Kier molecular flexibility index (Phi) is 3.08. The Morgan fingerprint density at radius 1 is 1.18 bits per heavy atom. The number of hydrogen-bond acceptors (Lipinski definition) is 4. The highest BCUT2D eigenvalue weighted by molar-refractivity contribution is 8.01. The number of amides is 1. The van der Waals surface area contributed by atoms with Crippen molar-refractivity contribution in [3.63, 3.8) is 0 Å². The van der Waals surface area contributed by atoms with E-state index >= 15 is 0 Å². The average Bonchev–Trinajstić information content (AvgIpc) is 2.59. The molecular weight excluding hydrogens is 294 g/mol. The number of benzene rings is 1. The first-order valence-corrected chi connectivity index (χ1v) is 8.01. The van der Waals surface area contributed by atoms with Crippen LogP contribution >= 0.6 is 11.9 Å². The minimum absolute atomic E-state index is 0.0755. The summed E-state index contributed by atoms with van der Waals surface area (Å²) in [5, 5.41) is 8.41. The molecule has 110 valence electrons. The Balaban J connectivity index is 2.03. The molecular formula is C17H15N3OS. The minimum atomic E-state index is -0.0755. The van der Waals surface area contributed by atoms with Crippen molar-refractivity contribution in [2.24, 2.45) is 0 Å². The van der Waals surface area contributed by atoms with Gasteiger partial charge in [-0.25, -0.2) is 0 Å². The van der Waals surface area contributed by atoms with Gasteiger partial charge in [0.25, 0.3) is 5.91 Å². The molecule has 0 saturated carbocycles. The second kappa shape index (κ2) is 5.10. The van der Waals surface area contributed by atoms with Crippen LogP contribution in [0, 0.1) is 0 Å². The van der Waals surface area contributed by atoms with Crippen molar-refractivity contribution in [2.45, 2.75) is 5.25 Å². The number of allylic oxidation sites excluding steroid dienone is 3. The molecule has 1 aromatic carbocycles. The molecule has 1 atom stereocenters. The molecule has 5 heteroatoms. The van der Waals surface area contributed by atoms with Crippen LogP contribution in [-0.4, -0.2) is 18.2 Å². The second-order valence-electron chi connectivity index (χ2n) is 5.22. The molecule has 1 aromatic rings. The Morgan fingerprint density at radius 3 is 2.91 bits per heavy atom. The first-order valence-electron chi connectivity index (χ1n) is 7.13. The van der Waals surface area contributed by atoms with E-state index in [0.717, 1.165) is 16.6 Å². The third-order valence-corrected chi connectivity index (χ3v) is 5.01. The predicted molar refractivity (Wildman–Crippen MR) is 92.6 cm³/mol. The van der Waals surface area contributed by atoms with Gasteiger partial charge in [0.2, 0.25) is 0 Å². The zero-order valence-electron chi connectivity index (χ0n) is 12.0. The molecule has 3 aliphatic rings. The molecule has 0 fully saturated rings. The molecule has 1 amide bonds. The van der Waals surface area contributed by atoms with Crippen molar-refractivity contribution in [3.8, 4) is 0 Å². The molecule has 4 rings (SSSR count). The van der Waals surface area contributed by atoms with Crippen LogP contribution < -0.4 is 25.8 Å². The highest BCUT2D eigenvalue weighted by Gasteiger charge is 2.23. The summed E-state index contributed by atoms with van der Waals surface area (Å²) in [6, 6.07) is 4.11. The maximum Gasteiger partial charge on any atom is 0.251 e. The number of hydrogen-bond donors (Lipinski definition) is 3. The van der Waals surface area contributed by atoms with Gasteiger partial charge in [-0.15, -0.1) is 0 Å². The van der Waals surface area contributed by atoms with E-state index in [1.54, 1.807) is 19.0 Å². The first-order chi connectivity index (χ1) is 10.8. The van der Waals surface area contributed by atoms with Crippen molar-refractivity contribution in [1.29, 1.82) is 0 Å². The predicted octanol–water partition coefficient (Wildman–Crippen LogP) is 1.24. The molecule has 0 aromatic heterocycles. The molecule has 0 bridgehead atoms. The van der Waals surface area contributed by atoms with Gasteiger partial charge in [-0.2, -0.15) is 0 Å². The summed E-state index contributed by atoms with van der Waals surface area (Å²) in [4.78, 5) is 12.0. The van der Waals surface area contributed by atoms with E-state index in [4.69, 9.17) is 0 Å². The molecule has 0 radical (unpaired) electrons. The Hall–Kier alpha value is -2.40. The standard InChI is InChI=1S/C17H15N3OS/c1-18-17(21)13-8-9-19-15-12(13)7-6-11-10-4-2-3-5-14(10)22-20-16(11)15/h2-9,14,19-20H,1H3,(H,18,21). The fraction of sp³-hybridized carbons (Fsp3) is 0.118. The zero-order valence-corrected chi connectivity index (χ0v) is 12.8. The molecule has 2 aliphatic heterocycles. The van der Waals surface area contributed by atoms with Crippen LogP contribution in [0.25, 0.3) is 11.1 Å². The topological polar surface area (TPSA) is 53.2 Å². The summed E-state index contributed by atoms with van der Waals surface area (Å²) in [6.07, 6.45) is 12.1. The highest BCUT2D eigenvalue weighted by atomic mass is 32.2. The average molecular weight is 309 g/mol. The van der Waals surface area contributed by atoms with Crippen LogP contribution in [0.5, 0.6) is 0 Å². The van der Waals surface area contributed by atoms with E-state index in [1.807, 2.05) is 18.3 Å². The number of nitrogens with one attached hydrogen (secondary N) is 3. The van der Waals surface area contributed by atoms with Gasteiger partial charge in [0.15, 0.2) is 0 Å². The normalized spacial score (nSPS) is 20.5. The third kappa shape index (κ3) is 1.89. The van der Waals surface area contributed by atoms with E-state index in [2.05, 4.69) is 45.7 Å². The summed E-state index contributed by atoms with van der Waals surface area (Å²) in [7, 11) is 1.65. The summed E-state index contributed by atoms with van der Waals surface area (Å²) < 4.78 is 3.44. The highest BCUT2D eigenvalue weighted by Crippen LogP contribution is 2.32. The smallest absolute Gasteiger partial charge is 0.251 e. The van der Waals surface area contributed by atoms with Gasteiger partial charge in [-0.1, -0.05) is 36.4 Å². The number of carbonyl (C=O) groups is 1. The number of carbonyl (C=O) groups excluding carboxylic acids is 1. The van der Waals surface area contributed by atoms with E-state index in [9.17, 15) is 4.79 Å². The summed E-state index contributed by atoms with van der Waals surface area (Å²) in [6.45, 7) is 0. The van der Waals surface area contributed by atoms with Crippen molar-refractivity contribution in [3.05, 3.63) is 59.2 Å². The van der Waals surface area contributed by atoms with Gasteiger partial charge in [0.1, 0.15) is 0 Å². The number of rotatable bonds is 1. The lowest BCUT2D eigenvalue weighted by atomic mass is 9.99. The van der Waals surface area contributed by atoms with Crippen LogP contribution in [-0.2, 0) is 4.79 Å². The van der Waals surface area contributed by atoms with Crippen LogP contribution in [0.2, 0.25) is 0 Å². The summed E-state index contributed by atoms with van der Waals surface area (Å²) >= 11 is 1.68. The van der Waals surface area contributed by atoms with Gasteiger partial charge >= 0.3 is 0 Å². The maximum absolute atomic E-state index is 12.0. The molecule has 3 N–H and O–H groups in total. The maximum atomic E-state index is 12.0. The summed E-state index contributed by atoms with van der Waals surface area (Å²) in [5.74, 6) is -0.0755.